The number of likely N-dealkylation sites (N-methyl/N-ethyl adjacent to an activating group) is 1. The van der Waals surface area contributed by atoms with Crippen LogP contribution >= 0.6 is 11.6 Å². The van der Waals surface area contributed by atoms with Crippen molar-refractivity contribution in [3.8, 4) is 0 Å². The Morgan fingerprint density at radius 2 is 2.00 bits per heavy atom. The van der Waals surface area contributed by atoms with E-state index in [0.717, 1.165) is 5.39 Å². The number of fused-ring (bicyclic) bond motifs is 1. The molecule has 0 unspecified atom stereocenters. The second-order valence-electron chi connectivity index (χ2n) is 4.69. The lowest BCUT2D eigenvalue weighted by Gasteiger charge is -2.11. The van der Waals surface area contributed by atoms with E-state index in [9.17, 15) is 8.42 Å². The summed E-state index contributed by atoms with van der Waals surface area (Å²) >= 11 is 5.80. The van der Waals surface area contributed by atoms with Gasteiger partial charge in [0.05, 0.1) is 10.4 Å². The van der Waals surface area contributed by atoms with Crippen molar-refractivity contribution in [2.24, 2.45) is 0 Å². The first kappa shape index (κ1) is 15.2. The highest BCUT2D eigenvalue weighted by Gasteiger charge is 2.14. The number of hydrogen-bond acceptors (Lipinski definition) is 4. The second kappa shape index (κ2) is 6.05. The smallest absolute Gasteiger partial charge is 0.240 e. The van der Waals surface area contributed by atoms with Crippen molar-refractivity contribution in [2.75, 3.05) is 27.2 Å². The van der Waals surface area contributed by atoms with Gasteiger partial charge in [-0.1, -0.05) is 11.6 Å². The highest BCUT2D eigenvalue weighted by Crippen LogP contribution is 2.19. The third kappa shape index (κ3) is 3.67. The number of pyridine rings is 1. The maximum Gasteiger partial charge on any atom is 0.240 e. The largest absolute Gasteiger partial charge is 0.308 e. The molecule has 0 saturated heterocycles. The molecule has 2 aromatic rings. The molecule has 0 aliphatic carbocycles. The summed E-state index contributed by atoms with van der Waals surface area (Å²) in [6, 6.07) is 8.17. The summed E-state index contributed by atoms with van der Waals surface area (Å²) in [6.45, 7) is 1.01. The van der Waals surface area contributed by atoms with Crippen LogP contribution in [0.5, 0.6) is 0 Å². The Morgan fingerprint density at radius 1 is 1.25 bits per heavy atom. The molecule has 1 aromatic heterocycles. The lowest BCUT2D eigenvalue weighted by Crippen LogP contribution is -2.31. The lowest BCUT2D eigenvalue weighted by molar-refractivity contribution is 0.412. The third-order valence-electron chi connectivity index (χ3n) is 2.79. The van der Waals surface area contributed by atoms with Crippen molar-refractivity contribution in [1.82, 2.24) is 14.6 Å². The summed E-state index contributed by atoms with van der Waals surface area (Å²) in [5.74, 6) is 0. The van der Waals surface area contributed by atoms with Gasteiger partial charge in [-0.3, -0.25) is 0 Å². The van der Waals surface area contributed by atoms with Crippen LogP contribution in [0.4, 0.5) is 0 Å². The average Bonchev–Trinajstić information content (AvgIpc) is 2.37. The van der Waals surface area contributed by atoms with Gasteiger partial charge in [0.25, 0.3) is 0 Å². The number of rotatable bonds is 5. The Labute approximate surface area is 123 Å². The van der Waals surface area contributed by atoms with Crippen LogP contribution in [0, 0.1) is 0 Å². The van der Waals surface area contributed by atoms with Gasteiger partial charge in [-0.25, -0.2) is 18.1 Å². The van der Waals surface area contributed by atoms with Crippen molar-refractivity contribution in [3.05, 3.63) is 35.5 Å². The van der Waals surface area contributed by atoms with Crippen LogP contribution in [0.15, 0.2) is 35.2 Å². The van der Waals surface area contributed by atoms with Crippen LogP contribution in [-0.2, 0) is 10.0 Å². The molecule has 0 fully saturated rings. The summed E-state index contributed by atoms with van der Waals surface area (Å²) in [5, 5.41) is 1.13. The zero-order valence-electron chi connectivity index (χ0n) is 11.3. The standard InChI is InChI=1S/C13H16ClN3O2S/c1-17(2)8-7-15-20(18,19)11-4-5-12-10(9-11)3-6-13(14)16-12/h3-6,9,15H,7-8H2,1-2H3. The zero-order chi connectivity index (χ0) is 14.8. The van der Waals surface area contributed by atoms with E-state index in [-0.39, 0.29) is 4.90 Å². The number of nitrogens with one attached hydrogen (secondary N) is 1. The van der Waals surface area contributed by atoms with Crippen molar-refractivity contribution in [3.63, 3.8) is 0 Å². The molecule has 0 bridgehead atoms. The van der Waals surface area contributed by atoms with Gasteiger partial charge < -0.3 is 4.90 Å². The molecule has 0 radical (unpaired) electrons. The Kier molecular flexibility index (Phi) is 4.59. The molecular weight excluding hydrogens is 298 g/mol. The van der Waals surface area contributed by atoms with Crippen LogP contribution in [0.3, 0.4) is 0 Å². The highest BCUT2D eigenvalue weighted by atomic mass is 35.5. The molecule has 0 atom stereocenters. The molecule has 0 spiro atoms. The maximum absolute atomic E-state index is 12.1. The van der Waals surface area contributed by atoms with Crippen molar-refractivity contribution in [2.45, 2.75) is 4.90 Å². The molecular formula is C13H16ClN3O2S. The molecule has 108 valence electrons. The third-order valence-corrected chi connectivity index (χ3v) is 4.46. The predicted octanol–water partition coefficient (Wildman–Crippen LogP) is 1.73. The van der Waals surface area contributed by atoms with E-state index in [1.807, 2.05) is 19.0 Å². The topological polar surface area (TPSA) is 62.3 Å². The van der Waals surface area contributed by atoms with E-state index in [1.165, 1.54) is 6.07 Å². The molecule has 2 rings (SSSR count). The van der Waals surface area contributed by atoms with Crippen LogP contribution in [-0.4, -0.2) is 45.5 Å². The fraction of sp³-hybridized carbons (Fsp3) is 0.308. The quantitative estimate of drug-likeness (QED) is 0.854. The van der Waals surface area contributed by atoms with Crippen LogP contribution < -0.4 is 4.72 Å². The summed E-state index contributed by atoms with van der Waals surface area (Å²) < 4.78 is 26.9. The number of aromatic nitrogens is 1. The van der Waals surface area contributed by atoms with Crippen LogP contribution in [0.2, 0.25) is 5.15 Å². The number of nitrogens with zero attached hydrogens (tertiary/aromatic N) is 2. The molecule has 0 amide bonds. The van der Waals surface area contributed by atoms with Gasteiger partial charge in [0.1, 0.15) is 5.15 Å². The van der Waals surface area contributed by atoms with Gasteiger partial charge in [-0.15, -0.1) is 0 Å². The molecule has 1 aromatic carbocycles. The zero-order valence-corrected chi connectivity index (χ0v) is 12.9. The van der Waals surface area contributed by atoms with Crippen molar-refractivity contribution < 1.29 is 8.42 Å². The van der Waals surface area contributed by atoms with Crippen molar-refractivity contribution in [1.29, 1.82) is 0 Å². The second-order valence-corrected chi connectivity index (χ2v) is 6.84. The Bertz CT molecular complexity index is 717. The van der Waals surface area contributed by atoms with Gasteiger partial charge in [0.2, 0.25) is 10.0 Å². The molecule has 0 aliphatic rings. The number of halogens is 1. The Morgan fingerprint density at radius 3 is 2.70 bits per heavy atom. The summed E-state index contributed by atoms with van der Waals surface area (Å²) in [6.07, 6.45) is 0. The van der Waals surface area contributed by atoms with Gasteiger partial charge in [0.15, 0.2) is 0 Å². The van der Waals surface area contributed by atoms with E-state index in [4.69, 9.17) is 11.6 Å². The SMILES string of the molecule is CN(C)CCNS(=O)(=O)c1ccc2nc(Cl)ccc2c1. The minimum absolute atomic E-state index is 0.230. The lowest BCUT2D eigenvalue weighted by atomic mass is 10.2. The van der Waals surface area contributed by atoms with E-state index < -0.39 is 10.0 Å². The minimum atomic E-state index is -3.49. The minimum Gasteiger partial charge on any atom is -0.308 e. The van der Waals surface area contributed by atoms with Gasteiger partial charge >= 0.3 is 0 Å². The first-order chi connectivity index (χ1) is 9.38. The molecule has 1 heterocycles. The first-order valence-corrected chi connectivity index (χ1v) is 7.95. The number of hydrogen-bond donors (Lipinski definition) is 1. The van der Waals surface area contributed by atoms with Gasteiger partial charge in [-0.2, -0.15) is 0 Å². The van der Waals surface area contributed by atoms with Crippen LogP contribution in [0.25, 0.3) is 10.9 Å². The molecule has 1 N–H and O–H groups in total. The molecule has 0 saturated carbocycles. The predicted molar refractivity (Wildman–Crippen MR) is 80.5 cm³/mol. The van der Waals surface area contributed by atoms with Gasteiger partial charge in [-0.05, 0) is 44.4 Å². The molecule has 5 nitrogen and oxygen atoms in total. The van der Waals surface area contributed by atoms with E-state index in [1.54, 1.807) is 24.3 Å². The van der Waals surface area contributed by atoms with Crippen molar-refractivity contribution >= 4 is 32.5 Å². The highest BCUT2D eigenvalue weighted by molar-refractivity contribution is 7.89. The average molecular weight is 314 g/mol. The Hall–Kier alpha value is -1.21. The summed E-state index contributed by atoms with van der Waals surface area (Å²) in [4.78, 5) is 6.27. The summed E-state index contributed by atoms with van der Waals surface area (Å²) in [5.41, 5.74) is 0.671. The molecule has 0 aliphatic heterocycles. The first-order valence-electron chi connectivity index (χ1n) is 6.09. The Balaban J connectivity index is 2.25. The normalized spacial score (nSPS) is 12.2. The van der Waals surface area contributed by atoms with E-state index in [0.29, 0.717) is 23.8 Å². The fourth-order valence-electron chi connectivity index (χ4n) is 1.73. The molecule has 7 heteroatoms. The summed E-state index contributed by atoms with van der Waals surface area (Å²) in [7, 11) is 0.282. The maximum atomic E-state index is 12.1. The molecule has 20 heavy (non-hydrogen) atoms. The fourth-order valence-corrected chi connectivity index (χ4v) is 2.94. The number of benzene rings is 1. The van der Waals surface area contributed by atoms with Crippen LogP contribution in [0.1, 0.15) is 0 Å². The van der Waals surface area contributed by atoms with Gasteiger partial charge in [0, 0.05) is 18.5 Å². The van der Waals surface area contributed by atoms with E-state index >= 15 is 0 Å². The number of sulfonamides is 1. The monoisotopic (exact) mass is 313 g/mol. The van der Waals surface area contributed by atoms with E-state index in [2.05, 4.69) is 9.71 Å².